The largest absolute Gasteiger partial charge is 0.0896 e. The molecule has 13 heavy (non-hydrogen) atoms. The van der Waals surface area contributed by atoms with Crippen molar-refractivity contribution in [3.05, 3.63) is 0 Å². The normalized spacial score (nSPS) is 13.8. The van der Waals surface area contributed by atoms with Crippen LogP contribution in [0.5, 0.6) is 0 Å². The average Bonchev–Trinajstić information content (AvgIpc) is 1.82. The molecule has 0 aromatic rings. The topological polar surface area (TPSA) is 0 Å². The van der Waals surface area contributed by atoms with E-state index in [-0.39, 0.29) is 0 Å². The van der Waals surface area contributed by atoms with E-state index in [0.29, 0.717) is 3.36 Å². The Morgan fingerprint density at radius 1 is 0.692 bits per heavy atom. The van der Waals surface area contributed by atoms with Crippen molar-refractivity contribution in [3.63, 3.8) is 0 Å². The molecule has 0 radical (unpaired) electrons. The van der Waals surface area contributed by atoms with Gasteiger partial charge in [0.05, 0.1) is 11.4 Å². The van der Waals surface area contributed by atoms with Crippen molar-refractivity contribution >= 4 is 39.9 Å². The quantitative estimate of drug-likeness (QED) is 0.483. The van der Waals surface area contributed by atoms with Crippen LogP contribution in [0.25, 0.3) is 0 Å². The Morgan fingerprint density at radius 2 is 0.923 bits per heavy atom. The van der Waals surface area contributed by atoms with Crippen LogP contribution in [0.1, 0.15) is 41.5 Å². The maximum atomic E-state index is 3.78. The fourth-order valence-corrected chi connectivity index (χ4v) is 17.8. The summed E-state index contributed by atoms with van der Waals surface area (Å²) in [7, 11) is -1.27. The highest BCUT2D eigenvalue weighted by Crippen LogP contribution is 2.48. The first kappa shape index (κ1) is 14.2. The molecule has 0 nitrogen and oxygen atoms in total. The van der Waals surface area contributed by atoms with Gasteiger partial charge in [-0.2, -0.15) is 0 Å². The smallest absolute Gasteiger partial charge is 0.0802 e. The van der Waals surface area contributed by atoms with E-state index in [2.05, 4.69) is 73.4 Å². The molecular formula is C10H22Br2Si. The van der Waals surface area contributed by atoms with Gasteiger partial charge in [-0.15, -0.1) is 0 Å². The molecule has 0 aromatic heterocycles. The second-order valence-electron chi connectivity index (χ2n) is 4.76. The molecule has 0 unspecified atom stereocenters. The van der Waals surface area contributed by atoms with E-state index in [1.807, 2.05) is 0 Å². The Kier molecular flexibility index (Phi) is 5.79. The molecular weight excluding hydrogens is 308 g/mol. The summed E-state index contributed by atoms with van der Waals surface area (Å²) in [5.41, 5.74) is 2.45. The predicted molar refractivity (Wildman–Crippen MR) is 72.7 cm³/mol. The first-order valence-corrected chi connectivity index (χ1v) is 9.20. The predicted octanol–water partition coefficient (Wildman–Crippen LogP) is 5.32. The van der Waals surface area contributed by atoms with Gasteiger partial charge >= 0.3 is 0 Å². The highest BCUT2D eigenvalue weighted by molar-refractivity contribution is 9.25. The Morgan fingerprint density at radius 3 is 0.923 bits per heavy atom. The number of rotatable bonds is 4. The van der Waals surface area contributed by atoms with E-state index in [9.17, 15) is 0 Å². The summed E-state index contributed by atoms with van der Waals surface area (Å²) < 4.78 is 0.535. The van der Waals surface area contributed by atoms with E-state index in [4.69, 9.17) is 0 Å². The van der Waals surface area contributed by atoms with Gasteiger partial charge in [-0.1, -0.05) is 73.4 Å². The minimum atomic E-state index is -1.27. The van der Waals surface area contributed by atoms with Gasteiger partial charge in [0, 0.05) is 0 Å². The Balaban J connectivity index is 5.06. The standard InChI is InChI=1S/C10H22Br2Si/c1-7(2)13(8(3)4,9(5)6)10(11)12/h7-10H,1-6H3. The summed E-state index contributed by atoms with van der Waals surface area (Å²) in [6, 6.07) is 0. The van der Waals surface area contributed by atoms with Crippen molar-refractivity contribution < 1.29 is 0 Å². The molecule has 0 aliphatic rings. The van der Waals surface area contributed by atoms with Crippen LogP contribution in [0.2, 0.25) is 16.6 Å². The van der Waals surface area contributed by atoms with E-state index >= 15 is 0 Å². The third-order valence-electron chi connectivity index (χ3n) is 3.38. The third kappa shape index (κ3) is 2.60. The molecule has 0 aliphatic carbocycles. The molecule has 0 atom stereocenters. The molecule has 0 amide bonds. The number of alkyl halides is 2. The number of halogens is 2. The fourth-order valence-electron chi connectivity index (χ4n) is 2.76. The lowest BCUT2D eigenvalue weighted by Gasteiger charge is -2.44. The van der Waals surface area contributed by atoms with E-state index in [1.165, 1.54) is 0 Å². The summed E-state index contributed by atoms with van der Waals surface area (Å²) in [4.78, 5) is 0. The van der Waals surface area contributed by atoms with Crippen LogP contribution in [0.3, 0.4) is 0 Å². The Labute approximate surface area is 101 Å². The molecule has 3 heteroatoms. The summed E-state index contributed by atoms with van der Waals surface area (Å²) in [6.07, 6.45) is 0. The highest BCUT2D eigenvalue weighted by Gasteiger charge is 2.47. The van der Waals surface area contributed by atoms with Crippen molar-refractivity contribution in [1.82, 2.24) is 0 Å². The van der Waals surface area contributed by atoms with Gasteiger partial charge in [0.15, 0.2) is 0 Å². The maximum absolute atomic E-state index is 3.78. The SMILES string of the molecule is CC(C)[Si](C(C)C)(C(C)C)C(Br)Br. The average molecular weight is 330 g/mol. The van der Waals surface area contributed by atoms with Crippen LogP contribution in [-0.4, -0.2) is 11.4 Å². The van der Waals surface area contributed by atoms with Gasteiger partial charge in [0.1, 0.15) is 0 Å². The van der Waals surface area contributed by atoms with Gasteiger partial charge in [-0.25, -0.2) is 0 Å². The summed E-state index contributed by atoms with van der Waals surface area (Å²) in [5.74, 6) is 0. The van der Waals surface area contributed by atoms with Crippen molar-refractivity contribution in [3.8, 4) is 0 Å². The van der Waals surface area contributed by atoms with Crippen LogP contribution in [-0.2, 0) is 0 Å². The molecule has 0 saturated carbocycles. The van der Waals surface area contributed by atoms with Gasteiger partial charge in [0.2, 0.25) is 0 Å². The molecule has 0 aromatic carbocycles. The maximum Gasteiger partial charge on any atom is 0.0896 e. The van der Waals surface area contributed by atoms with Crippen LogP contribution in [0.4, 0.5) is 0 Å². The second kappa shape index (κ2) is 5.31. The van der Waals surface area contributed by atoms with Crippen molar-refractivity contribution in [1.29, 1.82) is 0 Å². The lowest BCUT2D eigenvalue weighted by atomic mass is 10.5. The highest BCUT2D eigenvalue weighted by atomic mass is 79.9. The molecule has 80 valence electrons. The van der Waals surface area contributed by atoms with E-state index in [0.717, 1.165) is 16.6 Å². The van der Waals surface area contributed by atoms with Crippen LogP contribution < -0.4 is 0 Å². The van der Waals surface area contributed by atoms with Gasteiger partial charge in [-0.05, 0) is 16.6 Å². The van der Waals surface area contributed by atoms with Crippen LogP contribution in [0, 0.1) is 0 Å². The lowest BCUT2D eigenvalue weighted by Crippen LogP contribution is -2.50. The molecule has 0 aliphatic heterocycles. The second-order valence-corrected chi connectivity index (χ2v) is 15.6. The fraction of sp³-hybridized carbons (Fsp3) is 1.00. The van der Waals surface area contributed by atoms with Gasteiger partial charge in [-0.3, -0.25) is 0 Å². The molecule has 0 spiro atoms. The summed E-state index contributed by atoms with van der Waals surface area (Å²) in [5, 5.41) is 0. The molecule has 0 rings (SSSR count). The van der Waals surface area contributed by atoms with Crippen molar-refractivity contribution in [2.75, 3.05) is 0 Å². The molecule has 0 saturated heterocycles. The Bertz CT molecular complexity index is 115. The van der Waals surface area contributed by atoms with Gasteiger partial charge < -0.3 is 0 Å². The molecule has 0 bridgehead atoms. The number of hydrogen-bond acceptors (Lipinski definition) is 0. The summed E-state index contributed by atoms with van der Waals surface area (Å²) >= 11 is 7.56. The molecule has 0 heterocycles. The van der Waals surface area contributed by atoms with Gasteiger partial charge in [0.25, 0.3) is 0 Å². The van der Waals surface area contributed by atoms with E-state index in [1.54, 1.807) is 0 Å². The monoisotopic (exact) mass is 328 g/mol. The Hall–Kier alpha value is 1.18. The van der Waals surface area contributed by atoms with Crippen molar-refractivity contribution in [2.24, 2.45) is 0 Å². The zero-order chi connectivity index (χ0) is 10.8. The molecule has 0 fully saturated rings. The minimum absolute atomic E-state index is 0.535. The van der Waals surface area contributed by atoms with E-state index < -0.39 is 8.07 Å². The first-order valence-electron chi connectivity index (χ1n) is 5.06. The first-order chi connectivity index (χ1) is 5.77. The zero-order valence-electron chi connectivity index (χ0n) is 9.57. The summed E-state index contributed by atoms with van der Waals surface area (Å²) in [6.45, 7) is 14.3. The molecule has 0 N–H and O–H groups in total. The van der Waals surface area contributed by atoms with Crippen LogP contribution >= 0.6 is 31.9 Å². The number of hydrogen-bond donors (Lipinski definition) is 0. The lowest BCUT2D eigenvalue weighted by molar-refractivity contribution is 0.817. The third-order valence-corrected chi connectivity index (χ3v) is 14.9. The zero-order valence-corrected chi connectivity index (χ0v) is 13.7. The minimum Gasteiger partial charge on any atom is -0.0802 e. The van der Waals surface area contributed by atoms with Crippen molar-refractivity contribution in [2.45, 2.75) is 61.5 Å². The van der Waals surface area contributed by atoms with Crippen LogP contribution in [0.15, 0.2) is 0 Å².